The number of nitrogens with zero attached hydrogens (tertiary/aromatic N) is 3. The number of halogens is 2. The first-order valence-corrected chi connectivity index (χ1v) is 4.21. The lowest BCUT2D eigenvalue weighted by atomic mass is 10.2. The van der Waals surface area contributed by atoms with Crippen molar-refractivity contribution in [3.05, 3.63) is 39.5 Å². The average molecular weight is 228 g/mol. The van der Waals surface area contributed by atoms with Gasteiger partial charge in [-0.1, -0.05) is 11.6 Å². The maximum atomic E-state index is 13.3. The minimum Gasteiger partial charge on any atom is -0.258 e. The number of fused-ring (bicyclic) bond motifs is 1. The lowest BCUT2D eigenvalue weighted by Crippen LogP contribution is -1.93. The third-order valence-electron chi connectivity index (χ3n) is 1.82. The van der Waals surface area contributed by atoms with Gasteiger partial charge in [-0.2, -0.15) is 0 Å². The van der Waals surface area contributed by atoms with Gasteiger partial charge in [-0.3, -0.25) is 10.1 Å². The molecule has 0 aliphatic heterocycles. The highest BCUT2D eigenvalue weighted by Crippen LogP contribution is 2.23. The predicted molar refractivity (Wildman–Crippen MR) is 51.2 cm³/mol. The van der Waals surface area contributed by atoms with Gasteiger partial charge in [-0.25, -0.2) is 14.4 Å². The smallest absolute Gasteiger partial charge is 0.258 e. The zero-order valence-electron chi connectivity index (χ0n) is 7.15. The molecule has 0 fully saturated rings. The monoisotopic (exact) mass is 227 g/mol. The van der Waals surface area contributed by atoms with Crippen LogP contribution in [0, 0.1) is 15.9 Å². The molecule has 0 radical (unpaired) electrons. The molecular formula is C8H3ClFN3O2. The largest absolute Gasteiger partial charge is 0.288 e. The number of nitro groups is 1. The SMILES string of the molecule is O=[N+]([O-])c1cnc2c(F)c(Cl)ncc2c1. The van der Waals surface area contributed by atoms with Crippen molar-refractivity contribution in [2.75, 3.05) is 0 Å². The molecule has 0 amide bonds. The van der Waals surface area contributed by atoms with Gasteiger partial charge in [0.25, 0.3) is 5.69 Å². The molecule has 15 heavy (non-hydrogen) atoms. The summed E-state index contributed by atoms with van der Waals surface area (Å²) in [5.74, 6) is -0.774. The highest BCUT2D eigenvalue weighted by Gasteiger charge is 2.12. The van der Waals surface area contributed by atoms with Crippen LogP contribution in [0.4, 0.5) is 10.1 Å². The summed E-state index contributed by atoms with van der Waals surface area (Å²) in [6.45, 7) is 0. The lowest BCUT2D eigenvalue weighted by molar-refractivity contribution is -0.385. The topological polar surface area (TPSA) is 68.9 Å². The van der Waals surface area contributed by atoms with E-state index >= 15 is 0 Å². The Balaban J connectivity index is 2.75. The van der Waals surface area contributed by atoms with Crippen molar-refractivity contribution in [1.82, 2.24) is 9.97 Å². The molecule has 0 aliphatic rings. The maximum absolute atomic E-state index is 13.3. The van der Waals surface area contributed by atoms with Crippen molar-refractivity contribution in [1.29, 1.82) is 0 Å². The molecule has 2 aromatic rings. The summed E-state index contributed by atoms with van der Waals surface area (Å²) in [6.07, 6.45) is 2.21. The van der Waals surface area contributed by atoms with Crippen LogP contribution in [-0.4, -0.2) is 14.9 Å². The second-order valence-corrected chi connectivity index (χ2v) is 3.11. The lowest BCUT2D eigenvalue weighted by Gasteiger charge is -1.99. The van der Waals surface area contributed by atoms with E-state index in [-0.39, 0.29) is 21.7 Å². The first kappa shape index (κ1) is 9.72. The van der Waals surface area contributed by atoms with Gasteiger partial charge in [0, 0.05) is 17.6 Å². The molecule has 0 atom stereocenters. The predicted octanol–water partition coefficient (Wildman–Crippen LogP) is 2.33. The molecule has 2 aromatic heterocycles. The van der Waals surface area contributed by atoms with Crippen LogP contribution >= 0.6 is 11.6 Å². The third-order valence-corrected chi connectivity index (χ3v) is 2.08. The van der Waals surface area contributed by atoms with Gasteiger partial charge in [0.05, 0.1) is 4.92 Å². The average Bonchev–Trinajstić information content (AvgIpc) is 2.23. The van der Waals surface area contributed by atoms with Gasteiger partial charge in [0.15, 0.2) is 11.0 Å². The van der Waals surface area contributed by atoms with E-state index in [1.165, 1.54) is 12.3 Å². The van der Waals surface area contributed by atoms with E-state index in [1.807, 2.05) is 0 Å². The zero-order chi connectivity index (χ0) is 11.0. The Labute approximate surface area is 87.7 Å². The summed E-state index contributed by atoms with van der Waals surface area (Å²) < 4.78 is 13.3. The molecule has 0 spiro atoms. The van der Waals surface area contributed by atoms with Crippen molar-refractivity contribution in [2.24, 2.45) is 0 Å². The first-order chi connectivity index (χ1) is 7.09. The molecule has 0 aromatic carbocycles. The van der Waals surface area contributed by atoms with Gasteiger partial charge in [-0.05, 0) is 0 Å². The van der Waals surface area contributed by atoms with Gasteiger partial charge < -0.3 is 0 Å². The van der Waals surface area contributed by atoms with E-state index in [1.54, 1.807) is 0 Å². The molecule has 5 nitrogen and oxygen atoms in total. The van der Waals surface area contributed by atoms with Crippen molar-refractivity contribution in [2.45, 2.75) is 0 Å². The van der Waals surface area contributed by atoms with Gasteiger partial charge in [-0.15, -0.1) is 0 Å². The Morgan fingerprint density at radius 3 is 2.80 bits per heavy atom. The summed E-state index contributed by atoms with van der Waals surface area (Å²) in [4.78, 5) is 17.0. The Morgan fingerprint density at radius 2 is 2.13 bits per heavy atom. The molecule has 2 heterocycles. The fourth-order valence-electron chi connectivity index (χ4n) is 1.13. The Kier molecular flexibility index (Phi) is 2.20. The molecule has 0 saturated heterocycles. The summed E-state index contributed by atoms with van der Waals surface area (Å²) in [5.41, 5.74) is -0.244. The summed E-state index contributed by atoms with van der Waals surface area (Å²) in [7, 11) is 0. The second kappa shape index (κ2) is 3.39. The minimum absolute atomic E-state index is 0.0272. The standard InChI is InChI=1S/C8H3ClFN3O2/c9-8-6(10)7-4(2-12-8)1-5(3-11-7)13(14)15/h1-3H. The summed E-state index contributed by atoms with van der Waals surface area (Å²) in [6, 6.07) is 1.19. The van der Waals surface area contributed by atoms with Crippen molar-refractivity contribution in [3.63, 3.8) is 0 Å². The molecule has 76 valence electrons. The Hall–Kier alpha value is -1.82. The third kappa shape index (κ3) is 1.59. The highest BCUT2D eigenvalue weighted by atomic mass is 35.5. The summed E-state index contributed by atoms with van der Waals surface area (Å²) >= 11 is 5.43. The van der Waals surface area contributed by atoms with Crippen LogP contribution in [0.25, 0.3) is 10.9 Å². The van der Waals surface area contributed by atoms with E-state index < -0.39 is 10.7 Å². The van der Waals surface area contributed by atoms with Crippen molar-refractivity contribution >= 4 is 28.2 Å². The van der Waals surface area contributed by atoms with Crippen LogP contribution in [-0.2, 0) is 0 Å². The van der Waals surface area contributed by atoms with E-state index in [2.05, 4.69) is 9.97 Å². The van der Waals surface area contributed by atoms with Crippen molar-refractivity contribution < 1.29 is 9.31 Å². The number of hydrogen-bond donors (Lipinski definition) is 0. The van der Waals surface area contributed by atoms with Gasteiger partial charge >= 0.3 is 0 Å². The van der Waals surface area contributed by atoms with Gasteiger partial charge in [0.1, 0.15) is 11.7 Å². The fourth-order valence-corrected chi connectivity index (χ4v) is 1.27. The molecule has 0 unspecified atom stereocenters. The number of hydrogen-bond acceptors (Lipinski definition) is 4. The second-order valence-electron chi connectivity index (χ2n) is 2.75. The Bertz CT molecular complexity index is 561. The quantitative estimate of drug-likeness (QED) is 0.426. The number of rotatable bonds is 1. The van der Waals surface area contributed by atoms with Crippen LogP contribution in [0.1, 0.15) is 0 Å². The molecule has 0 N–H and O–H groups in total. The van der Waals surface area contributed by atoms with Crippen LogP contribution in [0.5, 0.6) is 0 Å². The van der Waals surface area contributed by atoms with E-state index in [0.717, 1.165) is 6.20 Å². The van der Waals surface area contributed by atoms with Crippen LogP contribution in [0.3, 0.4) is 0 Å². The summed E-state index contributed by atoms with van der Waals surface area (Å²) in [5, 5.41) is 10.4. The number of pyridine rings is 2. The fraction of sp³-hybridized carbons (Fsp3) is 0. The molecule has 2 rings (SSSR count). The minimum atomic E-state index is -0.774. The highest BCUT2D eigenvalue weighted by molar-refractivity contribution is 6.30. The molecule has 0 bridgehead atoms. The Morgan fingerprint density at radius 1 is 1.40 bits per heavy atom. The van der Waals surface area contributed by atoms with E-state index in [4.69, 9.17) is 11.6 Å². The van der Waals surface area contributed by atoms with Crippen LogP contribution < -0.4 is 0 Å². The molecule has 0 saturated carbocycles. The van der Waals surface area contributed by atoms with Crippen molar-refractivity contribution in [3.8, 4) is 0 Å². The molecule has 0 aliphatic carbocycles. The zero-order valence-corrected chi connectivity index (χ0v) is 7.90. The molecular weight excluding hydrogens is 225 g/mol. The number of aromatic nitrogens is 2. The first-order valence-electron chi connectivity index (χ1n) is 3.84. The van der Waals surface area contributed by atoms with Crippen LogP contribution in [0.2, 0.25) is 5.15 Å². The normalized spacial score (nSPS) is 10.5. The van der Waals surface area contributed by atoms with E-state index in [0.29, 0.717) is 0 Å². The van der Waals surface area contributed by atoms with E-state index in [9.17, 15) is 14.5 Å². The van der Waals surface area contributed by atoms with Crippen LogP contribution in [0.15, 0.2) is 18.5 Å². The maximum Gasteiger partial charge on any atom is 0.288 e. The van der Waals surface area contributed by atoms with Gasteiger partial charge in [0.2, 0.25) is 0 Å². The molecule has 7 heteroatoms.